The average Bonchev–Trinajstić information content (AvgIpc) is 2.12. The van der Waals surface area contributed by atoms with E-state index < -0.39 is 11.8 Å². The molecule has 1 heterocycles. The molecule has 1 aliphatic rings. The smallest absolute Gasteiger partial charge is 0.379 e. The molecule has 0 radical (unpaired) electrons. The molecule has 0 spiro atoms. The summed E-state index contributed by atoms with van der Waals surface area (Å²) in [6.45, 7) is 1.42. The maximum Gasteiger partial charge on any atom is 0.417 e. The van der Waals surface area contributed by atoms with Crippen molar-refractivity contribution in [3.05, 3.63) is 0 Å². The molecule has 12 heavy (non-hydrogen) atoms. The van der Waals surface area contributed by atoms with Crippen molar-refractivity contribution < 1.29 is 22.6 Å². The molecule has 0 aromatic carbocycles. The molecule has 1 atom stereocenters. The van der Waals surface area contributed by atoms with Gasteiger partial charge < -0.3 is 9.47 Å². The highest BCUT2D eigenvalue weighted by molar-refractivity contribution is 4.84. The molecule has 0 aromatic rings. The maximum absolute atomic E-state index is 12.3. The van der Waals surface area contributed by atoms with E-state index in [0.29, 0.717) is 0 Å². The highest BCUT2D eigenvalue weighted by Gasteiger charge is 2.52. The molecule has 0 amide bonds. The van der Waals surface area contributed by atoms with E-state index in [-0.39, 0.29) is 26.2 Å². The minimum atomic E-state index is -4.30. The molecular formula is C7H11F3O2. The van der Waals surface area contributed by atoms with E-state index in [1.807, 2.05) is 0 Å². The van der Waals surface area contributed by atoms with Crippen LogP contribution < -0.4 is 0 Å². The minimum Gasteiger partial charge on any atom is -0.379 e. The van der Waals surface area contributed by atoms with E-state index in [0.717, 1.165) is 6.92 Å². The van der Waals surface area contributed by atoms with E-state index in [1.165, 1.54) is 0 Å². The third-order valence-electron chi connectivity index (χ3n) is 1.97. The quantitative estimate of drug-likeness (QED) is 0.571. The molecular weight excluding hydrogens is 173 g/mol. The summed E-state index contributed by atoms with van der Waals surface area (Å²) in [6.07, 6.45) is -4.43. The Morgan fingerprint density at radius 1 is 1.17 bits per heavy atom. The lowest BCUT2D eigenvalue weighted by Crippen LogP contribution is -2.45. The van der Waals surface area contributed by atoms with Crippen LogP contribution in [0.2, 0.25) is 0 Å². The Hall–Kier alpha value is -0.290. The van der Waals surface area contributed by atoms with Gasteiger partial charge in [-0.25, -0.2) is 0 Å². The van der Waals surface area contributed by atoms with Crippen LogP contribution in [0.4, 0.5) is 13.2 Å². The van der Waals surface area contributed by atoms with Gasteiger partial charge >= 0.3 is 6.18 Å². The van der Waals surface area contributed by atoms with Gasteiger partial charge in [-0.3, -0.25) is 0 Å². The third kappa shape index (κ3) is 1.90. The molecule has 0 saturated carbocycles. The molecule has 1 unspecified atom stereocenters. The normalized spacial score (nSPS) is 33.0. The van der Waals surface area contributed by atoms with E-state index in [2.05, 4.69) is 0 Å². The third-order valence-corrected chi connectivity index (χ3v) is 1.97. The summed E-state index contributed by atoms with van der Waals surface area (Å²) in [5.41, 5.74) is -2.02. The largest absolute Gasteiger partial charge is 0.417 e. The predicted octanol–water partition coefficient (Wildman–Crippen LogP) is 1.74. The monoisotopic (exact) mass is 184 g/mol. The summed E-state index contributed by atoms with van der Waals surface area (Å²) in [6, 6.07) is 0. The first kappa shape index (κ1) is 9.80. The molecule has 0 N–H and O–H groups in total. The van der Waals surface area contributed by atoms with Crippen molar-refractivity contribution in [2.45, 2.75) is 25.1 Å². The van der Waals surface area contributed by atoms with E-state index >= 15 is 0 Å². The topological polar surface area (TPSA) is 18.5 Å². The zero-order valence-electron chi connectivity index (χ0n) is 6.78. The van der Waals surface area contributed by atoms with Crippen molar-refractivity contribution >= 4 is 0 Å². The number of hydrogen-bond donors (Lipinski definition) is 0. The Balaban J connectivity index is 2.67. The standard InChI is InChI=1S/C7H11F3O2/c1-6(7(8,9)10)2-3-11-4-5-12-6/h2-5H2,1H3. The SMILES string of the molecule is CC1(C(F)(F)F)CCOCCO1. The van der Waals surface area contributed by atoms with Crippen molar-refractivity contribution in [2.75, 3.05) is 19.8 Å². The number of hydrogen-bond acceptors (Lipinski definition) is 2. The van der Waals surface area contributed by atoms with Crippen molar-refractivity contribution in [1.29, 1.82) is 0 Å². The van der Waals surface area contributed by atoms with Crippen LogP contribution in [0, 0.1) is 0 Å². The second-order valence-electron chi connectivity index (χ2n) is 2.94. The van der Waals surface area contributed by atoms with Crippen LogP contribution in [0.5, 0.6) is 0 Å². The first-order valence-electron chi connectivity index (χ1n) is 3.74. The summed E-state index contributed by atoms with van der Waals surface area (Å²) in [4.78, 5) is 0. The van der Waals surface area contributed by atoms with Gasteiger partial charge in [0.25, 0.3) is 0 Å². The lowest BCUT2D eigenvalue weighted by atomic mass is 10.0. The van der Waals surface area contributed by atoms with E-state index in [9.17, 15) is 13.2 Å². The zero-order valence-corrected chi connectivity index (χ0v) is 6.78. The van der Waals surface area contributed by atoms with Crippen LogP contribution in [0.3, 0.4) is 0 Å². The molecule has 0 aromatic heterocycles. The summed E-state index contributed by atoms with van der Waals surface area (Å²) < 4.78 is 46.5. The summed E-state index contributed by atoms with van der Waals surface area (Å²) in [7, 11) is 0. The van der Waals surface area contributed by atoms with Crippen LogP contribution in [0.1, 0.15) is 13.3 Å². The zero-order chi connectivity index (χ0) is 9.24. The Morgan fingerprint density at radius 3 is 2.42 bits per heavy atom. The van der Waals surface area contributed by atoms with Crippen molar-refractivity contribution in [2.24, 2.45) is 0 Å². The number of halogens is 3. The molecule has 72 valence electrons. The fourth-order valence-corrected chi connectivity index (χ4v) is 0.991. The lowest BCUT2D eigenvalue weighted by Gasteiger charge is -2.29. The van der Waals surface area contributed by atoms with Crippen LogP contribution in [0.15, 0.2) is 0 Å². The molecule has 1 aliphatic heterocycles. The number of ether oxygens (including phenoxy) is 2. The fourth-order valence-electron chi connectivity index (χ4n) is 0.991. The van der Waals surface area contributed by atoms with Gasteiger partial charge in [0.15, 0.2) is 5.60 Å². The van der Waals surface area contributed by atoms with Crippen molar-refractivity contribution in [1.82, 2.24) is 0 Å². The summed E-state index contributed by atoms with van der Waals surface area (Å²) >= 11 is 0. The molecule has 0 aliphatic carbocycles. The van der Waals surface area contributed by atoms with Gasteiger partial charge in [0.1, 0.15) is 0 Å². The van der Waals surface area contributed by atoms with E-state index in [4.69, 9.17) is 9.47 Å². The van der Waals surface area contributed by atoms with Crippen molar-refractivity contribution in [3.63, 3.8) is 0 Å². The summed E-state index contributed by atoms with van der Waals surface area (Å²) in [5.74, 6) is 0. The van der Waals surface area contributed by atoms with Crippen molar-refractivity contribution in [3.8, 4) is 0 Å². The highest BCUT2D eigenvalue weighted by Crippen LogP contribution is 2.36. The Bertz CT molecular complexity index is 147. The predicted molar refractivity (Wildman–Crippen MR) is 35.8 cm³/mol. The van der Waals surface area contributed by atoms with Gasteiger partial charge in [-0.15, -0.1) is 0 Å². The van der Waals surface area contributed by atoms with Crippen LogP contribution in [-0.4, -0.2) is 31.6 Å². The molecule has 2 nitrogen and oxygen atoms in total. The van der Waals surface area contributed by atoms with Gasteiger partial charge in [-0.05, 0) is 6.92 Å². The second-order valence-corrected chi connectivity index (χ2v) is 2.94. The molecule has 0 bridgehead atoms. The van der Waals surface area contributed by atoms with Crippen LogP contribution in [-0.2, 0) is 9.47 Å². The van der Waals surface area contributed by atoms with E-state index in [1.54, 1.807) is 0 Å². The number of alkyl halides is 3. The highest BCUT2D eigenvalue weighted by atomic mass is 19.4. The van der Waals surface area contributed by atoms with Gasteiger partial charge in [-0.2, -0.15) is 13.2 Å². The Morgan fingerprint density at radius 2 is 1.83 bits per heavy atom. The lowest BCUT2D eigenvalue weighted by molar-refractivity contribution is -0.269. The minimum absolute atomic E-state index is 0.00993. The number of rotatable bonds is 0. The van der Waals surface area contributed by atoms with Gasteiger partial charge in [0.05, 0.1) is 13.2 Å². The fraction of sp³-hybridized carbons (Fsp3) is 1.00. The van der Waals surface area contributed by atoms with Gasteiger partial charge in [-0.1, -0.05) is 0 Å². The van der Waals surface area contributed by atoms with Gasteiger partial charge in [0.2, 0.25) is 0 Å². The molecule has 1 fully saturated rings. The molecule has 1 saturated heterocycles. The average molecular weight is 184 g/mol. The first-order valence-corrected chi connectivity index (χ1v) is 3.74. The maximum atomic E-state index is 12.3. The van der Waals surface area contributed by atoms with Gasteiger partial charge in [0, 0.05) is 13.0 Å². The Labute approximate surface area is 68.6 Å². The first-order chi connectivity index (χ1) is 5.46. The summed E-state index contributed by atoms with van der Waals surface area (Å²) in [5, 5.41) is 0. The van der Waals surface area contributed by atoms with Crippen LogP contribution in [0.25, 0.3) is 0 Å². The second kappa shape index (κ2) is 3.22. The molecule has 5 heteroatoms. The Kier molecular flexibility index (Phi) is 2.63. The van der Waals surface area contributed by atoms with Crippen LogP contribution >= 0.6 is 0 Å². The molecule has 1 rings (SSSR count).